The summed E-state index contributed by atoms with van der Waals surface area (Å²) in [4.78, 5) is 20.6. The van der Waals surface area contributed by atoms with E-state index in [1.165, 1.54) is 19.1 Å². The third-order valence-electron chi connectivity index (χ3n) is 1.75. The second kappa shape index (κ2) is 5.09. The zero-order valence-electron chi connectivity index (χ0n) is 8.30. The normalized spacial score (nSPS) is 9.67. The predicted molar refractivity (Wildman–Crippen MR) is 53.9 cm³/mol. The zero-order chi connectivity index (χ0) is 11.3. The van der Waals surface area contributed by atoms with Gasteiger partial charge in [0.15, 0.2) is 0 Å². The first kappa shape index (κ1) is 11.2. The van der Waals surface area contributed by atoms with Crippen LogP contribution in [0.2, 0.25) is 0 Å². The van der Waals surface area contributed by atoms with E-state index in [4.69, 9.17) is 4.74 Å². The second-order valence-electron chi connectivity index (χ2n) is 3.05. The van der Waals surface area contributed by atoms with Crippen LogP contribution in [-0.2, 0) is 4.79 Å². The van der Waals surface area contributed by atoms with E-state index in [2.05, 4.69) is 0 Å². The summed E-state index contributed by atoms with van der Waals surface area (Å²) in [6.45, 7) is 1.72. The Kier molecular flexibility index (Phi) is 3.79. The predicted octanol–water partition coefficient (Wildman–Crippen LogP) is 1.95. The van der Waals surface area contributed by atoms with E-state index >= 15 is 0 Å². The quantitative estimate of drug-likeness (QED) is 0.549. The molecule has 0 saturated carbocycles. The monoisotopic (exact) mass is 209 g/mol. The highest BCUT2D eigenvalue weighted by atomic mass is 16.6. The van der Waals surface area contributed by atoms with Gasteiger partial charge >= 0.3 is 0 Å². The molecule has 5 heteroatoms. The molecule has 1 rings (SSSR count). The zero-order valence-corrected chi connectivity index (χ0v) is 8.30. The Hall–Kier alpha value is -1.91. The van der Waals surface area contributed by atoms with E-state index in [1.54, 1.807) is 12.1 Å². The summed E-state index contributed by atoms with van der Waals surface area (Å²) in [6, 6.07) is 5.88. The van der Waals surface area contributed by atoms with E-state index in [1.807, 2.05) is 0 Å². The molecule has 0 bridgehead atoms. The van der Waals surface area contributed by atoms with Gasteiger partial charge in [0.25, 0.3) is 5.69 Å². The molecular weight excluding hydrogens is 198 g/mol. The van der Waals surface area contributed by atoms with Crippen LogP contribution in [-0.4, -0.2) is 17.3 Å². The van der Waals surface area contributed by atoms with Gasteiger partial charge in [-0.3, -0.25) is 14.9 Å². The van der Waals surface area contributed by atoms with Crippen molar-refractivity contribution in [3.8, 4) is 5.75 Å². The maximum absolute atomic E-state index is 10.6. The number of hydrogen-bond donors (Lipinski definition) is 0. The second-order valence-corrected chi connectivity index (χ2v) is 3.05. The minimum Gasteiger partial charge on any atom is -0.493 e. The average Bonchev–Trinajstić information content (AvgIpc) is 2.17. The molecule has 0 heterocycles. The summed E-state index contributed by atoms with van der Waals surface area (Å²) < 4.78 is 5.18. The third-order valence-corrected chi connectivity index (χ3v) is 1.75. The van der Waals surface area contributed by atoms with E-state index < -0.39 is 4.92 Å². The van der Waals surface area contributed by atoms with Crippen LogP contribution in [0.1, 0.15) is 13.3 Å². The van der Waals surface area contributed by atoms with Crippen molar-refractivity contribution in [2.75, 3.05) is 6.61 Å². The minimum atomic E-state index is -0.488. The topological polar surface area (TPSA) is 69.4 Å². The van der Waals surface area contributed by atoms with E-state index in [-0.39, 0.29) is 18.1 Å². The van der Waals surface area contributed by atoms with Gasteiger partial charge in [0.1, 0.15) is 11.5 Å². The molecule has 0 unspecified atom stereocenters. The van der Waals surface area contributed by atoms with Gasteiger partial charge in [-0.15, -0.1) is 0 Å². The molecular formula is C10H11NO4. The number of nitro benzene ring substituents is 1. The highest BCUT2D eigenvalue weighted by molar-refractivity contribution is 5.75. The smallest absolute Gasteiger partial charge is 0.273 e. The van der Waals surface area contributed by atoms with Crippen molar-refractivity contribution in [1.82, 2.24) is 0 Å². The lowest BCUT2D eigenvalue weighted by molar-refractivity contribution is -0.384. The fourth-order valence-corrected chi connectivity index (χ4v) is 0.999. The molecule has 0 aliphatic carbocycles. The summed E-state index contributed by atoms with van der Waals surface area (Å²) in [5, 5.41) is 10.4. The van der Waals surface area contributed by atoms with Gasteiger partial charge in [-0.05, 0) is 13.0 Å². The lowest BCUT2D eigenvalue weighted by atomic mass is 10.3. The molecule has 0 spiro atoms. The standard InChI is InChI=1S/C10H11NO4/c1-8(12)5-6-15-10-4-2-3-9(7-10)11(13)14/h2-4,7H,5-6H2,1H3. The molecule has 0 aliphatic heterocycles. The minimum absolute atomic E-state index is 0.0182. The Bertz CT molecular complexity index is 375. The van der Waals surface area contributed by atoms with Gasteiger partial charge in [-0.1, -0.05) is 6.07 Å². The van der Waals surface area contributed by atoms with Gasteiger partial charge < -0.3 is 4.74 Å². The van der Waals surface area contributed by atoms with E-state index in [9.17, 15) is 14.9 Å². The van der Waals surface area contributed by atoms with Crippen LogP contribution >= 0.6 is 0 Å². The highest BCUT2D eigenvalue weighted by Gasteiger charge is 2.06. The summed E-state index contributed by atoms with van der Waals surface area (Å²) in [7, 11) is 0. The lowest BCUT2D eigenvalue weighted by Gasteiger charge is -2.03. The summed E-state index contributed by atoms with van der Waals surface area (Å²) in [6.07, 6.45) is 0.308. The van der Waals surface area contributed by atoms with Crippen LogP contribution in [0.15, 0.2) is 24.3 Å². The molecule has 0 atom stereocenters. The Morgan fingerprint density at radius 2 is 2.27 bits per heavy atom. The van der Waals surface area contributed by atoms with Crippen LogP contribution in [0.5, 0.6) is 5.75 Å². The van der Waals surface area contributed by atoms with Crippen molar-refractivity contribution in [2.24, 2.45) is 0 Å². The van der Waals surface area contributed by atoms with Gasteiger partial charge in [0.2, 0.25) is 0 Å². The molecule has 0 amide bonds. The molecule has 0 aliphatic rings. The number of nitro groups is 1. The van der Waals surface area contributed by atoms with Crippen molar-refractivity contribution < 1.29 is 14.5 Å². The number of rotatable bonds is 5. The molecule has 80 valence electrons. The highest BCUT2D eigenvalue weighted by Crippen LogP contribution is 2.18. The van der Waals surface area contributed by atoms with Crippen molar-refractivity contribution >= 4 is 11.5 Å². The van der Waals surface area contributed by atoms with E-state index in [0.29, 0.717) is 12.2 Å². The average molecular weight is 209 g/mol. The molecule has 0 fully saturated rings. The van der Waals surface area contributed by atoms with Crippen LogP contribution < -0.4 is 4.74 Å². The Balaban J connectivity index is 2.58. The largest absolute Gasteiger partial charge is 0.493 e. The maximum atomic E-state index is 10.6. The maximum Gasteiger partial charge on any atom is 0.273 e. The molecule has 0 radical (unpaired) electrons. The Labute approximate surface area is 86.8 Å². The number of non-ortho nitro benzene ring substituents is 1. The van der Waals surface area contributed by atoms with Crippen LogP contribution in [0.3, 0.4) is 0 Å². The number of nitrogens with zero attached hydrogens (tertiary/aromatic N) is 1. The summed E-state index contributed by atoms with van der Waals surface area (Å²) in [5.74, 6) is 0.436. The van der Waals surface area contributed by atoms with Crippen LogP contribution in [0.25, 0.3) is 0 Å². The Morgan fingerprint density at radius 3 is 2.87 bits per heavy atom. The number of carbonyl (C=O) groups excluding carboxylic acids is 1. The molecule has 0 N–H and O–H groups in total. The summed E-state index contributed by atoms with van der Waals surface area (Å²) in [5.41, 5.74) is -0.0182. The number of ketones is 1. The van der Waals surface area contributed by atoms with E-state index in [0.717, 1.165) is 0 Å². The van der Waals surface area contributed by atoms with Gasteiger partial charge in [-0.25, -0.2) is 0 Å². The number of ether oxygens (including phenoxy) is 1. The molecule has 1 aromatic rings. The SMILES string of the molecule is CC(=O)CCOc1cccc([N+](=O)[O-])c1. The van der Waals surface area contributed by atoms with Crippen molar-refractivity contribution in [2.45, 2.75) is 13.3 Å². The van der Waals surface area contributed by atoms with Crippen molar-refractivity contribution in [3.63, 3.8) is 0 Å². The molecule has 1 aromatic carbocycles. The molecule has 15 heavy (non-hydrogen) atoms. The number of benzene rings is 1. The van der Waals surface area contributed by atoms with Crippen LogP contribution in [0, 0.1) is 10.1 Å². The summed E-state index contributed by atoms with van der Waals surface area (Å²) >= 11 is 0. The molecule has 5 nitrogen and oxygen atoms in total. The fourth-order valence-electron chi connectivity index (χ4n) is 0.999. The molecule has 0 aromatic heterocycles. The fraction of sp³-hybridized carbons (Fsp3) is 0.300. The first-order chi connectivity index (χ1) is 7.09. The Morgan fingerprint density at radius 1 is 1.53 bits per heavy atom. The van der Waals surface area contributed by atoms with Crippen LogP contribution in [0.4, 0.5) is 5.69 Å². The molecule has 0 saturated heterocycles. The van der Waals surface area contributed by atoms with Crippen molar-refractivity contribution in [1.29, 1.82) is 0 Å². The number of Topliss-reactive ketones (excluding diaryl/α,β-unsaturated/α-hetero) is 1. The lowest BCUT2D eigenvalue weighted by Crippen LogP contribution is -2.02. The third kappa shape index (κ3) is 3.76. The first-order valence-corrected chi connectivity index (χ1v) is 4.46. The van der Waals surface area contributed by atoms with Gasteiger partial charge in [0.05, 0.1) is 17.6 Å². The first-order valence-electron chi connectivity index (χ1n) is 4.46. The number of hydrogen-bond acceptors (Lipinski definition) is 4. The number of carbonyl (C=O) groups is 1. The van der Waals surface area contributed by atoms with Crippen molar-refractivity contribution in [3.05, 3.63) is 34.4 Å². The van der Waals surface area contributed by atoms with Gasteiger partial charge in [-0.2, -0.15) is 0 Å². The van der Waals surface area contributed by atoms with Gasteiger partial charge in [0, 0.05) is 12.5 Å².